The number of hydrogen-bond acceptors (Lipinski definition) is 8. The molecule has 1 aromatic heterocycles. The van der Waals surface area contributed by atoms with Crippen molar-refractivity contribution in [3.8, 4) is 6.01 Å². The summed E-state index contributed by atoms with van der Waals surface area (Å²) in [5.74, 6) is 0.688. The monoisotopic (exact) mass is 550 g/mol. The second kappa shape index (κ2) is 12.5. The van der Waals surface area contributed by atoms with Gasteiger partial charge in [-0.3, -0.25) is 14.5 Å². The first-order valence-electron chi connectivity index (χ1n) is 14.6. The zero-order valence-corrected chi connectivity index (χ0v) is 23.9. The highest BCUT2D eigenvalue weighted by Gasteiger charge is 2.36. The third-order valence-corrected chi connectivity index (χ3v) is 8.23. The number of amides is 2. The number of likely N-dealkylation sites (tertiary alicyclic amines) is 2. The van der Waals surface area contributed by atoms with E-state index < -0.39 is 6.10 Å². The Kier molecular flexibility index (Phi) is 8.85. The average Bonchev–Trinajstić information content (AvgIpc) is 2.95. The zero-order chi connectivity index (χ0) is 28.2. The second-order valence-corrected chi connectivity index (χ2v) is 11.7. The predicted octanol–water partition coefficient (Wildman–Crippen LogP) is 2.57. The second-order valence-electron chi connectivity index (χ2n) is 11.7. The van der Waals surface area contributed by atoms with Crippen molar-refractivity contribution >= 4 is 17.6 Å². The van der Waals surface area contributed by atoms with Crippen LogP contribution in [0.3, 0.4) is 0 Å². The number of aliphatic hydroxyl groups excluding tert-OH is 1. The Morgan fingerprint density at radius 3 is 2.48 bits per heavy atom. The molecule has 10 nitrogen and oxygen atoms in total. The summed E-state index contributed by atoms with van der Waals surface area (Å²) in [6.07, 6.45) is 2.65. The van der Waals surface area contributed by atoms with Gasteiger partial charge in [-0.25, -0.2) is 0 Å². The molecule has 10 heteroatoms. The van der Waals surface area contributed by atoms with Crippen molar-refractivity contribution in [2.24, 2.45) is 5.92 Å². The third kappa shape index (κ3) is 6.72. The highest BCUT2D eigenvalue weighted by atomic mass is 16.5. The van der Waals surface area contributed by atoms with Gasteiger partial charge in [0.25, 0.3) is 5.91 Å². The molecule has 1 aromatic carbocycles. The standard InChI is InChI=1S/C30H42N6O4/c1-20(2)19-40-30-32-25(16-28(33-30)31-24-9-13-34(14-10-24)21(3)37)29(39)36-15-11-26(27(38)18-36)35-12-8-22-6-4-5-7-23(22)17-35/h4-7,16,20,24,26-27,38H,8-15,17-19H2,1-3H3,(H,31,32,33)/t26-,27-/m1/s1. The number of piperidine rings is 2. The molecule has 40 heavy (non-hydrogen) atoms. The van der Waals surface area contributed by atoms with Crippen molar-refractivity contribution in [3.63, 3.8) is 0 Å². The molecule has 2 amide bonds. The van der Waals surface area contributed by atoms with E-state index in [4.69, 9.17) is 4.74 Å². The molecule has 0 bridgehead atoms. The van der Waals surface area contributed by atoms with Crippen LogP contribution in [0.5, 0.6) is 6.01 Å². The van der Waals surface area contributed by atoms with Crippen LogP contribution in [0.2, 0.25) is 0 Å². The topological polar surface area (TPSA) is 111 Å². The molecule has 2 aromatic rings. The van der Waals surface area contributed by atoms with Crippen LogP contribution >= 0.6 is 0 Å². The third-order valence-electron chi connectivity index (χ3n) is 8.23. The van der Waals surface area contributed by atoms with E-state index in [-0.39, 0.29) is 48.1 Å². The van der Waals surface area contributed by atoms with E-state index in [9.17, 15) is 14.7 Å². The highest BCUT2D eigenvalue weighted by molar-refractivity contribution is 5.93. The van der Waals surface area contributed by atoms with Gasteiger partial charge in [-0.1, -0.05) is 38.1 Å². The number of nitrogens with one attached hydrogen (secondary N) is 1. The summed E-state index contributed by atoms with van der Waals surface area (Å²) in [6, 6.07) is 10.5. The maximum atomic E-state index is 13.6. The fourth-order valence-corrected chi connectivity index (χ4v) is 5.95. The van der Waals surface area contributed by atoms with Crippen LogP contribution in [0.15, 0.2) is 30.3 Å². The first-order valence-corrected chi connectivity index (χ1v) is 14.6. The van der Waals surface area contributed by atoms with E-state index in [0.29, 0.717) is 38.5 Å². The zero-order valence-electron chi connectivity index (χ0n) is 23.9. The van der Waals surface area contributed by atoms with Gasteiger partial charge in [-0.15, -0.1) is 0 Å². The number of anilines is 1. The van der Waals surface area contributed by atoms with Crippen molar-refractivity contribution in [1.82, 2.24) is 24.7 Å². The van der Waals surface area contributed by atoms with Crippen LogP contribution in [-0.4, -0.2) is 99.1 Å². The fourth-order valence-electron chi connectivity index (χ4n) is 5.95. The lowest BCUT2D eigenvalue weighted by molar-refractivity contribution is -0.129. The van der Waals surface area contributed by atoms with Crippen molar-refractivity contribution < 1.29 is 19.4 Å². The summed E-state index contributed by atoms with van der Waals surface area (Å²) in [4.78, 5) is 40.2. The van der Waals surface area contributed by atoms with Crippen LogP contribution in [0.1, 0.15) is 61.6 Å². The van der Waals surface area contributed by atoms with E-state index in [0.717, 1.165) is 32.4 Å². The number of aliphatic hydroxyl groups is 1. The van der Waals surface area contributed by atoms with Crippen LogP contribution in [0.25, 0.3) is 0 Å². The summed E-state index contributed by atoms with van der Waals surface area (Å²) >= 11 is 0. The number of fused-ring (bicyclic) bond motifs is 1. The Labute approximate surface area is 236 Å². The van der Waals surface area contributed by atoms with Crippen LogP contribution in [-0.2, 0) is 17.8 Å². The minimum Gasteiger partial charge on any atom is -0.463 e. The Balaban J connectivity index is 1.25. The van der Waals surface area contributed by atoms with E-state index in [2.05, 4.69) is 44.5 Å². The van der Waals surface area contributed by atoms with Crippen molar-refractivity contribution in [3.05, 3.63) is 47.2 Å². The maximum Gasteiger partial charge on any atom is 0.319 e. The van der Waals surface area contributed by atoms with Gasteiger partial charge in [-0.2, -0.15) is 9.97 Å². The number of nitrogens with zero attached hydrogens (tertiary/aromatic N) is 5. The Bertz CT molecular complexity index is 1200. The molecular weight excluding hydrogens is 508 g/mol. The summed E-state index contributed by atoms with van der Waals surface area (Å²) in [7, 11) is 0. The van der Waals surface area contributed by atoms with Crippen molar-refractivity contribution in [2.75, 3.05) is 44.6 Å². The Morgan fingerprint density at radius 2 is 1.77 bits per heavy atom. The van der Waals surface area contributed by atoms with Crippen LogP contribution in [0, 0.1) is 5.92 Å². The minimum atomic E-state index is -0.634. The first-order chi connectivity index (χ1) is 19.3. The molecule has 0 spiro atoms. The van der Waals surface area contributed by atoms with Crippen molar-refractivity contribution in [2.45, 2.75) is 71.2 Å². The number of rotatable bonds is 7. The lowest BCUT2D eigenvalue weighted by Crippen LogP contribution is -2.56. The number of β-amino-alcohol motifs (C(OH)–C–C–N with tert-alkyl or cyclic N) is 1. The SMILES string of the molecule is CC(=O)N1CCC(Nc2cc(C(=O)N3CC[C@@H](N4CCc5ccccc5C4)[C@H](O)C3)nc(OCC(C)C)n2)CC1. The first kappa shape index (κ1) is 28.3. The molecule has 0 saturated carbocycles. The predicted molar refractivity (Wildman–Crippen MR) is 152 cm³/mol. The van der Waals surface area contributed by atoms with Gasteiger partial charge in [0, 0.05) is 64.3 Å². The lowest BCUT2D eigenvalue weighted by Gasteiger charge is -2.43. The van der Waals surface area contributed by atoms with Gasteiger partial charge in [0.05, 0.1) is 12.7 Å². The van der Waals surface area contributed by atoms with Gasteiger partial charge in [0.1, 0.15) is 11.5 Å². The molecule has 3 aliphatic rings. The largest absolute Gasteiger partial charge is 0.463 e. The quantitative estimate of drug-likeness (QED) is 0.541. The summed E-state index contributed by atoms with van der Waals surface area (Å²) in [5.41, 5.74) is 2.96. The summed E-state index contributed by atoms with van der Waals surface area (Å²) in [6.45, 7) is 10.1. The normalized spacial score (nSPS) is 22.2. The number of aromatic nitrogens is 2. The van der Waals surface area contributed by atoms with Gasteiger partial charge in [-0.05, 0) is 42.7 Å². The van der Waals surface area contributed by atoms with Gasteiger partial charge in [0.2, 0.25) is 5.91 Å². The van der Waals surface area contributed by atoms with E-state index in [1.807, 2.05) is 18.7 Å². The lowest BCUT2D eigenvalue weighted by atomic mass is 9.94. The van der Waals surface area contributed by atoms with Gasteiger partial charge in [0.15, 0.2) is 0 Å². The summed E-state index contributed by atoms with van der Waals surface area (Å²) < 4.78 is 5.83. The van der Waals surface area contributed by atoms with E-state index in [1.165, 1.54) is 11.1 Å². The number of ether oxygens (including phenoxy) is 1. The summed E-state index contributed by atoms with van der Waals surface area (Å²) in [5, 5.41) is 14.6. The molecule has 0 aliphatic carbocycles. The molecular formula is C30H42N6O4. The van der Waals surface area contributed by atoms with Gasteiger partial charge < -0.3 is 25.0 Å². The number of benzene rings is 1. The molecule has 5 rings (SSSR count). The molecule has 0 unspecified atom stereocenters. The van der Waals surface area contributed by atoms with E-state index in [1.54, 1.807) is 17.9 Å². The molecule has 0 radical (unpaired) electrons. The van der Waals surface area contributed by atoms with Gasteiger partial charge >= 0.3 is 6.01 Å². The fraction of sp³-hybridized carbons (Fsp3) is 0.600. The van der Waals surface area contributed by atoms with Crippen LogP contribution < -0.4 is 10.1 Å². The molecule has 2 atom stereocenters. The smallest absolute Gasteiger partial charge is 0.319 e. The molecule has 216 valence electrons. The molecule has 2 fully saturated rings. The maximum absolute atomic E-state index is 13.6. The Morgan fingerprint density at radius 1 is 1.05 bits per heavy atom. The number of carbonyl (C=O) groups excluding carboxylic acids is 2. The molecule has 3 aliphatic heterocycles. The minimum absolute atomic E-state index is 0.0193. The highest BCUT2D eigenvalue weighted by Crippen LogP contribution is 2.26. The molecule has 2 N–H and O–H groups in total. The van der Waals surface area contributed by atoms with E-state index >= 15 is 0 Å². The average molecular weight is 551 g/mol. The van der Waals surface area contributed by atoms with Crippen LogP contribution in [0.4, 0.5) is 5.82 Å². The number of carbonyl (C=O) groups is 2. The van der Waals surface area contributed by atoms with Crippen molar-refractivity contribution in [1.29, 1.82) is 0 Å². The number of hydrogen-bond donors (Lipinski definition) is 2. The Hall–Kier alpha value is -3.24. The molecule has 2 saturated heterocycles. The molecule has 4 heterocycles.